The third-order valence-corrected chi connectivity index (χ3v) is 4.03. The van der Waals surface area contributed by atoms with Crippen LogP contribution >= 0.6 is 0 Å². The predicted molar refractivity (Wildman–Crippen MR) is 106 cm³/mol. The summed E-state index contributed by atoms with van der Waals surface area (Å²) in [5, 5.41) is 33.5. The van der Waals surface area contributed by atoms with E-state index in [1.54, 1.807) is 13.8 Å². The molecule has 0 aliphatic heterocycles. The number of aliphatic carboxylic acids is 3. The Morgan fingerprint density at radius 3 is 1.65 bits per heavy atom. The van der Waals surface area contributed by atoms with Crippen molar-refractivity contribution in [3.05, 3.63) is 0 Å². The lowest BCUT2D eigenvalue weighted by atomic mass is 10.0. The number of hydrogen-bond donors (Lipinski definition) is 7. The van der Waals surface area contributed by atoms with Gasteiger partial charge < -0.3 is 37.0 Å². The summed E-state index contributed by atoms with van der Waals surface area (Å²) in [5.41, 5.74) is 5.49. The van der Waals surface area contributed by atoms with E-state index in [1.165, 1.54) is 6.92 Å². The highest BCUT2D eigenvalue weighted by molar-refractivity contribution is 5.94. The van der Waals surface area contributed by atoms with Crippen molar-refractivity contribution >= 4 is 35.6 Å². The number of hydrogen-bond acceptors (Lipinski definition) is 7. The maximum atomic E-state index is 12.7. The highest BCUT2D eigenvalue weighted by Gasteiger charge is 2.31. The van der Waals surface area contributed by atoms with Crippen molar-refractivity contribution in [2.75, 3.05) is 0 Å². The summed E-state index contributed by atoms with van der Waals surface area (Å²) >= 11 is 0. The standard InChI is InChI=1S/C18H30N4O9/c1-8(2)6-11(21-15(27)9(3)19)17(29)20-10(4-5-13(23)24)16(28)22-12(18(30)31)7-14(25)26/h8-12H,4-7,19H2,1-3H3,(H,20,29)(H,21,27)(H,22,28)(H,23,24)(H,25,26)(H,30,31). The lowest BCUT2D eigenvalue weighted by Gasteiger charge is -2.25. The van der Waals surface area contributed by atoms with E-state index in [2.05, 4.69) is 10.6 Å². The summed E-state index contributed by atoms with van der Waals surface area (Å²) in [6.45, 7) is 4.99. The van der Waals surface area contributed by atoms with Crippen LogP contribution in [0.15, 0.2) is 0 Å². The van der Waals surface area contributed by atoms with Crippen LogP contribution in [0.4, 0.5) is 0 Å². The molecule has 0 aromatic heterocycles. The summed E-state index contributed by atoms with van der Waals surface area (Å²) < 4.78 is 0. The minimum absolute atomic E-state index is 0.0395. The molecule has 0 spiro atoms. The molecule has 0 saturated carbocycles. The number of nitrogens with one attached hydrogen (secondary N) is 3. The van der Waals surface area contributed by atoms with Crippen LogP contribution in [0.5, 0.6) is 0 Å². The molecule has 13 heteroatoms. The lowest BCUT2D eigenvalue weighted by Crippen LogP contribution is -2.57. The van der Waals surface area contributed by atoms with Gasteiger partial charge in [0, 0.05) is 6.42 Å². The number of nitrogens with two attached hydrogens (primary N) is 1. The second-order valence-corrected chi connectivity index (χ2v) is 7.47. The summed E-state index contributed by atoms with van der Waals surface area (Å²) in [4.78, 5) is 69.9. The van der Waals surface area contributed by atoms with Crippen molar-refractivity contribution in [2.24, 2.45) is 11.7 Å². The fourth-order valence-corrected chi connectivity index (χ4v) is 2.46. The number of rotatable bonds is 14. The molecule has 0 bridgehead atoms. The quantitative estimate of drug-likeness (QED) is 0.159. The number of carboxylic acid groups (broad SMARTS) is 3. The Morgan fingerprint density at radius 1 is 0.742 bits per heavy atom. The highest BCUT2D eigenvalue weighted by atomic mass is 16.4. The molecule has 0 saturated heterocycles. The first-order valence-corrected chi connectivity index (χ1v) is 9.57. The molecule has 3 amide bonds. The highest BCUT2D eigenvalue weighted by Crippen LogP contribution is 2.08. The smallest absolute Gasteiger partial charge is 0.326 e. The molecular weight excluding hydrogens is 416 g/mol. The zero-order valence-electron chi connectivity index (χ0n) is 17.6. The fraction of sp³-hybridized carbons (Fsp3) is 0.667. The van der Waals surface area contributed by atoms with Crippen LogP contribution in [0.3, 0.4) is 0 Å². The summed E-state index contributed by atoms with van der Waals surface area (Å²) in [6.07, 6.45) is -1.65. The molecular formula is C18H30N4O9. The molecule has 176 valence electrons. The average Bonchev–Trinajstić information content (AvgIpc) is 2.62. The number of carboxylic acids is 3. The second kappa shape index (κ2) is 13.2. The number of carbonyl (C=O) groups is 6. The van der Waals surface area contributed by atoms with Crippen molar-refractivity contribution in [3.63, 3.8) is 0 Å². The number of amides is 3. The molecule has 0 aromatic rings. The second-order valence-electron chi connectivity index (χ2n) is 7.47. The van der Waals surface area contributed by atoms with E-state index in [1.807, 2.05) is 5.32 Å². The van der Waals surface area contributed by atoms with Gasteiger partial charge in [0.05, 0.1) is 12.5 Å². The van der Waals surface area contributed by atoms with E-state index in [9.17, 15) is 28.8 Å². The van der Waals surface area contributed by atoms with Gasteiger partial charge in [-0.05, 0) is 25.7 Å². The zero-order valence-corrected chi connectivity index (χ0v) is 17.6. The van der Waals surface area contributed by atoms with E-state index in [0.717, 1.165) is 0 Å². The molecule has 0 aliphatic carbocycles. The maximum Gasteiger partial charge on any atom is 0.326 e. The normalized spacial score (nSPS) is 14.6. The maximum absolute atomic E-state index is 12.7. The molecule has 4 atom stereocenters. The average molecular weight is 446 g/mol. The molecule has 0 aromatic carbocycles. The van der Waals surface area contributed by atoms with Crippen LogP contribution in [-0.2, 0) is 28.8 Å². The van der Waals surface area contributed by atoms with Crippen LogP contribution < -0.4 is 21.7 Å². The van der Waals surface area contributed by atoms with E-state index >= 15 is 0 Å². The monoisotopic (exact) mass is 446 g/mol. The Kier molecular flexibility index (Phi) is 11.8. The Morgan fingerprint density at radius 2 is 1.23 bits per heavy atom. The first kappa shape index (κ1) is 27.8. The molecule has 0 heterocycles. The Labute approximate surface area is 178 Å². The third kappa shape index (κ3) is 11.5. The van der Waals surface area contributed by atoms with Crippen LogP contribution in [0.1, 0.15) is 46.5 Å². The van der Waals surface area contributed by atoms with E-state index in [4.69, 9.17) is 21.1 Å². The van der Waals surface area contributed by atoms with Crippen molar-refractivity contribution in [1.29, 1.82) is 0 Å². The van der Waals surface area contributed by atoms with E-state index in [0.29, 0.717) is 0 Å². The topological polar surface area (TPSA) is 225 Å². The Bertz CT molecular complexity index is 694. The third-order valence-electron chi connectivity index (χ3n) is 4.03. The van der Waals surface area contributed by atoms with Gasteiger partial charge in [-0.25, -0.2) is 4.79 Å². The largest absolute Gasteiger partial charge is 0.481 e. The molecule has 0 aliphatic rings. The van der Waals surface area contributed by atoms with Gasteiger partial charge in [-0.15, -0.1) is 0 Å². The van der Waals surface area contributed by atoms with Crippen LogP contribution in [0, 0.1) is 5.92 Å². The minimum Gasteiger partial charge on any atom is -0.481 e. The number of carbonyl (C=O) groups excluding carboxylic acids is 3. The van der Waals surface area contributed by atoms with Gasteiger partial charge >= 0.3 is 17.9 Å². The summed E-state index contributed by atoms with van der Waals surface area (Å²) in [7, 11) is 0. The van der Waals surface area contributed by atoms with Gasteiger partial charge in [-0.3, -0.25) is 24.0 Å². The van der Waals surface area contributed by atoms with Crippen LogP contribution in [0.2, 0.25) is 0 Å². The lowest BCUT2D eigenvalue weighted by molar-refractivity contribution is -0.147. The van der Waals surface area contributed by atoms with Gasteiger partial charge in [0.2, 0.25) is 17.7 Å². The Hall–Kier alpha value is -3.22. The molecule has 13 nitrogen and oxygen atoms in total. The summed E-state index contributed by atoms with van der Waals surface area (Å²) in [5.74, 6) is -6.86. The zero-order chi connectivity index (χ0) is 24.3. The van der Waals surface area contributed by atoms with E-state index in [-0.39, 0.29) is 18.8 Å². The SMILES string of the molecule is CC(C)CC(NC(=O)C(C)N)C(=O)NC(CCC(=O)O)C(=O)NC(CC(=O)O)C(=O)O. The van der Waals surface area contributed by atoms with Crippen LogP contribution in [0.25, 0.3) is 0 Å². The molecule has 4 unspecified atom stereocenters. The summed E-state index contributed by atoms with van der Waals surface area (Å²) in [6, 6.07) is -5.23. The molecule has 8 N–H and O–H groups in total. The van der Waals surface area contributed by atoms with Gasteiger partial charge in [-0.2, -0.15) is 0 Å². The van der Waals surface area contributed by atoms with Crippen molar-refractivity contribution in [1.82, 2.24) is 16.0 Å². The van der Waals surface area contributed by atoms with Crippen LogP contribution in [-0.4, -0.2) is 75.1 Å². The van der Waals surface area contributed by atoms with Gasteiger partial charge in [-0.1, -0.05) is 13.8 Å². The predicted octanol–water partition coefficient (Wildman–Crippen LogP) is -1.74. The molecule has 0 fully saturated rings. The minimum atomic E-state index is -1.78. The van der Waals surface area contributed by atoms with Gasteiger partial charge in [0.1, 0.15) is 18.1 Å². The van der Waals surface area contributed by atoms with Crippen molar-refractivity contribution in [3.8, 4) is 0 Å². The molecule has 0 rings (SSSR count). The first-order valence-electron chi connectivity index (χ1n) is 9.57. The Balaban J connectivity index is 5.52. The van der Waals surface area contributed by atoms with Crippen molar-refractivity contribution < 1.29 is 44.1 Å². The van der Waals surface area contributed by atoms with Gasteiger partial charge in [0.15, 0.2) is 0 Å². The van der Waals surface area contributed by atoms with Crippen molar-refractivity contribution in [2.45, 2.75) is 70.6 Å². The fourth-order valence-electron chi connectivity index (χ4n) is 2.46. The molecule has 31 heavy (non-hydrogen) atoms. The van der Waals surface area contributed by atoms with Gasteiger partial charge in [0.25, 0.3) is 0 Å². The van der Waals surface area contributed by atoms with E-state index < -0.39 is 72.6 Å². The first-order chi connectivity index (χ1) is 14.2. The molecule has 0 radical (unpaired) electrons.